The van der Waals surface area contributed by atoms with Gasteiger partial charge in [-0.2, -0.15) is 0 Å². The van der Waals surface area contributed by atoms with Gasteiger partial charge in [-0.1, -0.05) is 27.7 Å². The minimum Gasteiger partial charge on any atom is -0.504 e. The van der Waals surface area contributed by atoms with Gasteiger partial charge in [0.05, 0.1) is 6.61 Å². The van der Waals surface area contributed by atoms with Crippen LogP contribution in [0.25, 0.3) is 0 Å². The third-order valence-electron chi connectivity index (χ3n) is 10.7. The molecule has 2 saturated heterocycles. The molecule has 0 aromatic heterocycles. The van der Waals surface area contributed by atoms with E-state index in [0.29, 0.717) is 19.7 Å². The fourth-order valence-electron chi connectivity index (χ4n) is 8.84. The first-order valence-electron chi connectivity index (χ1n) is 15.9. The van der Waals surface area contributed by atoms with Crippen molar-refractivity contribution in [3.63, 3.8) is 0 Å². The van der Waals surface area contributed by atoms with Gasteiger partial charge in [-0.3, -0.25) is 14.7 Å². The minimum atomic E-state index is -0.479. The average Bonchev–Trinajstić information content (AvgIpc) is 3.32. The summed E-state index contributed by atoms with van der Waals surface area (Å²) in [7, 11) is 1.73. The summed E-state index contributed by atoms with van der Waals surface area (Å²) in [5.41, 5.74) is 4.93. The van der Waals surface area contributed by atoms with Crippen molar-refractivity contribution >= 4 is 0 Å². The fraction of sp³-hybridized carbons (Fsp3) is 0.647. The van der Waals surface area contributed by atoms with Gasteiger partial charge < -0.3 is 30.5 Å². The fourth-order valence-corrected chi connectivity index (χ4v) is 8.84. The number of phenolic OH excluding ortho intramolecular Hbond substituents is 4. The lowest BCUT2D eigenvalue weighted by Gasteiger charge is -2.37. The maximum absolute atomic E-state index is 11.6. The lowest BCUT2D eigenvalue weighted by Crippen LogP contribution is -2.47. The molecule has 0 bridgehead atoms. The normalized spacial score (nSPS) is 25.3. The number of methoxy groups -OCH3 is 1. The van der Waals surface area contributed by atoms with Crippen molar-refractivity contribution in [2.24, 2.45) is 0 Å². The summed E-state index contributed by atoms with van der Waals surface area (Å²) in [5, 5.41) is 48.6. The molecule has 2 heterocycles. The number of phenols is 4. The third kappa shape index (κ3) is 5.17. The van der Waals surface area contributed by atoms with Gasteiger partial charge in [0, 0.05) is 95.6 Å². The van der Waals surface area contributed by atoms with E-state index in [-0.39, 0.29) is 33.8 Å². The Hall–Kier alpha value is -2.56. The van der Waals surface area contributed by atoms with Crippen LogP contribution < -0.4 is 5.32 Å². The Kier molecular flexibility index (Phi) is 7.87. The van der Waals surface area contributed by atoms with Crippen molar-refractivity contribution in [1.29, 1.82) is 0 Å². The minimum absolute atomic E-state index is 0.0302. The zero-order chi connectivity index (χ0) is 30.7. The summed E-state index contributed by atoms with van der Waals surface area (Å²) in [6.45, 7) is 18.8. The Balaban J connectivity index is 1.49. The molecule has 2 aliphatic carbocycles. The highest BCUT2D eigenvalue weighted by Gasteiger charge is 2.59. The van der Waals surface area contributed by atoms with Gasteiger partial charge in [0.15, 0.2) is 23.0 Å². The van der Waals surface area contributed by atoms with Crippen molar-refractivity contribution in [2.45, 2.75) is 69.9 Å². The van der Waals surface area contributed by atoms with Crippen LogP contribution in [0.2, 0.25) is 0 Å². The first kappa shape index (κ1) is 30.5. The molecule has 0 saturated carbocycles. The zero-order valence-corrected chi connectivity index (χ0v) is 26.6. The van der Waals surface area contributed by atoms with E-state index >= 15 is 0 Å². The first-order valence-corrected chi connectivity index (χ1v) is 15.9. The summed E-state index contributed by atoms with van der Waals surface area (Å²) in [6, 6.07) is 3.57. The van der Waals surface area contributed by atoms with Crippen molar-refractivity contribution < 1.29 is 25.2 Å². The lowest BCUT2D eigenvalue weighted by atomic mass is 9.70. The number of hydrogen-bond donors (Lipinski definition) is 5. The second-order valence-electron chi connectivity index (χ2n) is 14.6. The maximum Gasteiger partial charge on any atom is 0.162 e. The first-order chi connectivity index (χ1) is 20.4. The van der Waals surface area contributed by atoms with Gasteiger partial charge in [0.25, 0.3) is 0 Å². The lowest BCUT2D eigenvalue weighted by molar-refractivity contribution is 0.0931. The van der Waals surface area contributed by atoms with Crippen LogP contribution in [0.4, 0.5) is 0 Å². The van der Waals surface area contributed by atoms with Gasteiger partial charge in [-0.15, -0.1) is 0 Å². The third-order valence-corrected chi connectivity index (χ3v) is 10.7. The molecule has 2 aromatic rings. The predicted molar refractivity (Wildman–Crippen MR) is 167 cm³/mol. The second kappa shape index (κ2) is 11.1. The van der Waals surface area contributed by atoms with Crippen LogP contribution in [0, 0.1) is 0 Å². The van der Waals surface area contributed by atoms with Crippen LogP contribution in [-0.2, 0) is 34.1 Å². The number of rotatable bonds is 7. The van der Waals surface area contributed by atoms with Gasteiger partial charge in [0.1, 0.15) is 0 Å². The largest absolute Gasteiger partial charge is 0.504 e. The molecule has 5 N–H and O–H groups in total. The number of nitrogens with zero attached hydrogens (tertiary/aromatic N) is 3. The van der Waals surface area contributed by atoms with Crippen molar-refractivity contribution in [3.8, 4) is 23.0 Å². The Morgan fingerprint density at radius 2 is 1.14 bits per heavy atom. The summed E-state index contributed by atoms with van der Waals surface area (Å²) in [4.78, 5) is 7.14. The van der Waals surface area contributed by atoms with Crippen LogP contribution in [0.1, 0.15) is 73.9 Å². The molecule has 9 nitrogen and oxygen atoms in total. The van der Waals surface area contributed by atoms with E-state index in [4.69, 9.17) is 4.74 Å². The van der Waals surface area contributed by atoms with Gasteiger partial charge in [0.2, 0.25) is 0 Å². The van der Waals surface area contributed by atoms with Crippen LogP contribution in [0.5, 0.6) is 23.0 Å². The molecule has 1 atom stereocenters. The molecule has 9 heteroatoms. The van der Waals surface area contributed by atoms with Crippen LogP contribution >= 0.6 is 0 Å². The van der Waals surface area contributed by atoms with Gasteiger partial charge in [-0.25, -0.2) is 0 Å². The number of ether oxygens (including phenoxy) is 1. The number of fused-ring (bicyclic) bond motifs is 4. The van der Waals surface area contributed by atoms with E-state index in [1.54, 1.807) is 19.2 Å². The molecule has 43 heavy (non-hydrogen) atoms. The van der Waals surface area contributed by atoms with Crippen LogP contribution in [-0.4, -0.2) is 108 Å². The maximum atomic E-state index is 11.6. The van der Waals surface area contributed by atoms with E-state index in [1.165, 1.54) is 0 Å². The molecule has 236 valence electrons. The smallest absolute Gasteiger partial charge is 0.162 e. The molecule has 0 amide bonds. The molecule has 2 aliphatic heterocycles. The highest BCUT2D eigenvalue weighted by atomic mass is 16.5. The van der Waals surface area contributed by atoms with E-state index < -0.39 is 5.41 Å². The monoisotopic (exact) mass is 594 g/mol. The Labute approximate surface area is 256 Å². The standard InChI is InChI=1S/C34H50N4O5/c1-32(2)20-34(28-22(18-37-8-6-35-7-9-37)30(41)26(39)16-24(28)32)21-33(3,4)25-17-27(40)31(42)23(29(25)34)19-38-12-10-36(11-13-38)14-15-43-5/h16-17,35,39-42H,6-15,18-21H2,1-5H3. The molecular weight excluding hydrogens is 544 g/mol. The number of hydrogen-bond acceptors (Lipinski definition) is 9. The molecule has 6 rings (SSSR count). The van der Waals surface area contributed by atoms with Gasteiger partial charge >= 0.3 is 0 Å². The van der Waals surface area contributed by atoms with E-state index in [2.05, 4.69) is 47.7 Å². The molecule has 1 spiro atoms. The number of benzene rings is 2. The SMILES string of the molecule is COCCN1CCN(Cc2c(O)c(O)cc3c2C2(CC(C)(C)c4cc(O)c(O)c(CN5CCNCC5)c42)CC3(C)C)CC1. The Morgan fingerprint density at radius 3 is 1.60 bits per heavy atom. The second-order valence-corrected chi connectivity index (χ2v) is 14.6. The predicted octanol–water partition coefficient (Wildman–Crippen LogP) is 3.33. The van der Waals surface area contributed by atoms with Crippen LogP contribution in [0.3, 0.4) is 0 Å². The van der Waals surface area contributed by atoms with E-state index in [0.717, 1.165) is 105 Å². The molecule has 4 aliphatic rings. The van der Waals surface area contributed by atoms with E-state index in [1.807, 2.05) is 0 Å². The van der Waals surface area contributed by atoms with Crippen LogP contribution in [0.15, 0.2) is 12.1 Å². The Bertz CT molecular complexity index is 1370. The summed E-state index contributed by atoms with van der Waals surface area (Å²) >= 11 is 0. The summed E-state index contributed by atoms with van der Waals surface area (Å²) in [5.74, 6) is -0.191. The van der Waals surface area contributed by atoms with Crippen molar-refractivity contribution in [1.82, 2.24) is 20.0 Å². The molecular formula is C34H50N4O5. The topological polar surface area (TPSA) is 112 Å². The number of piperazine rings is 2. The zero-order valence-electron chi connectivity index (χ0n) is 26.6. The van der Waals surface area contributed by atoms with Crippen molar-refractivity contribution in [2.75, 3.05) is 72.6 Å². The summed E-state index contributed by atoms with van der Waals surface area (Å²) in [6.07, 6.45) is 1.59. The molecule has 2 fully saturated rings. The highest BCUT2D eigenvalue weighted by molar-refractivity contribution is 5.70. The highest BCUT2D eigenvalue weighted by Crippen LogP contribution is 2.67. The number of nitrogens with one attached hydrogen (secondary N) is 1. The molecule has 0 radical (unpaired) electrons. The molecule has 2 aromatic carbocycles. The van der Waals surface area contributed by atoms with E-state index in [9.17, 15) is 20.4 Å². The quantitative estimate of drug-likeness (QED) is 0.308. The summed E-state index contributed by atoms with van der Waals surface area (Å²) < 4.78 is 5.28. The van der Waals surface area contributed by atoms with Crippen molar-refractivity contribution in [3.05, 3.63) is 45.5 Å². The Morgan fingerprint density at radius 1 is 0.698 bits per heavy atom. The van der Waals surface area contributed by atoms with Gasteiger partial charge in [-0.05, 0) is 58.1 Å². The molecule has 1 unspecified atom stereocenters. The number of aromatic hydroxyl groups is 4. The average molecular weight is 595 g/mol.